The average molecular weight is 309 g/mol. The molecule has 0 spiro atoms. The molecule has 1 aromatic rings. The summed E-state index contributed by atoms with van der Waals surface area (Å²) in [5.41, 5.74) is 1.73. The lowest BCUT2D eigenvalue weighted by atomic mass is 9.96. The van der Waals surface area contributed by atoms with Crippen LogP contribution in [0.25, 0.3) is 0 Å². The van der Waals surface area contributed by atoms with Crippen LogP contribution in [0.4, 0.5) is 0 Å². The second-order valence-electron chi connectivity index (χ2n) is 5.50. The van der Waals surface area contributed by atoms with Crippen molar-refractivity contribution in [1.82, 2.24) is 10.2 Å². The van der Waals surface area contributed by atoms with Crippen molar-refractivity contribution < 1.29 is 9.59 Å². The van der Waals surface area contributed by atoms with Gasteiger partial charge in [-0.1, -0.05) is 12.1 Å². The average Bonchev–Trinajstić information content (AvgIpc) is 2.53. The number of nitrogens with one attached hydrogen (secondary N) is 1. The lowest BCUT2D eigenvalue weighted by Gasteiger charge is -2.32. The van der Waals surface area contributed by atoms with Crippen molar-refractivity contribution in [3.8, 4) is 0 Å². The zero-order valence-corrected chi connectivity index (χ0v) is 13.0. The maximum absolute atomic E-state index is 12.4. The predicted octanol–water partition coefficient (Wildman–Crippen LogP) is 2.41. The molecule has 1 saturated heterocycles. The monoisotopic (exact) mass is 308 g/mol. The highest BCUT2D eigenvalue weighted by molar-refractivity contribution is 6.17. The molecule has 114 valence electrons. The van der Waals surface area contributed by atoms with Crippen molar-refractivity contribution >= 4 is 23.4 Å². The van der Waals surface area contributed by atoms with E-state index in [-0.39, 0.29) is 11.8 Å². The Bertz CT molecular complexity index is 494. The van der Waals surface area contributed by atoms with Crippen LogP contribution in [0.2, 0.25) is 0 Å². The summed E-state index contributed by atoms with van der Waals surface area (Å²) in [6.07, 6.45) is 1.87. The predicted molar refractivity (Wildman–Crippen MR) is 83.3 cm³/mol. The van der Waals surface area contributed by atoms with Gasteiger partial charge in [-0.2, -0.15) is 0 Å². The minimum absolute atomic E-state index is 0.00730. The molecule has 0 atom stereocenters. The van der Waals surface area contributed by atoms with E-state index in [2.05, 4.69) is 5.32 Å². The maximum Gasteiger partial charge on any atom is 0.253 e. The topological polar surface area (TPSA) is 49.4 Å². The number of hydrogen-bond acceptors (Lipinski definition) is 2. The van der Waals surface area contributed by atoms with E-state index in [1.807, 2.05) is 29.2 Å². The number of piperidine rings is 1. The number of halogens is 1. The van der Waals surface area contributed by atoms with Crippen molar-refractivity contribution in [2.45, 2.75) is 25.6 Å². The summed E-state index contributed by atoms with van der Waals surface area (Å²) in [6, 6.07) is 7.46. The third-order valence-electron chi connectivity index (χ3n) is 3.90. The summed E-state index contributed by atoms with van der Waals surface area (Å²) < 4.78 is 0. The quantitative estimate of drug-likeness (QED) is 0.868. The van der Waals surface area contributed by atoms with Crippen LogP contribution in [0.1, 0.15) is 35.7 Å². The first-order valence-corrected chi connectivity index (χ1v) is 7.82. The van der Waals surface area contributed by atoms with Gasteiger partial charge in [-0.25, -0.2) is 0 Å². The first kappa shape index (κ1) is 15.8. The van der Waals surface area contributed by atoms with Gasteiger partial charge in [0.2, 0.25) is 5.91 Å². The summed E-state index contributed by atoms with van der Waals surface area (Å²) in [5.74, 6) is 1.02. The number of benzene rings is 1. The van der Waals surface area contributed by atoms with Crippen LogP contribution in [0, 0.1) is 5.92 Å². The summed E-state index contributed by atoms with van der Waals surface area (Å²) in [7, 11) is 0. The summed E-state index contributed by atoms with van der Waals surface area (Å²) >= 11 is 5.75. The number of nitrogens with zero attached hydrogens (tertiary/aromatic N) is 1. The van der Waals surface area contributed by atoms with Gasteiger partial charge in [-0.15, -0.1) is 11.6 Å². The molecule has 1 N–H and O–H groups in total. The van der Waals surface area contributed by atoms with Gasteiger partial charge in [0.05, 0.1) is 0 Å². The second-order valence-corrected chi connectivity index (χ2v) is 5.77. The zero-order chi connectivity index (χ0) is 15.2. The molecule has 0 aromatic heterocycles. The number of carbonyl (C=O) groups excluding carboxylic acids is 2. The Hall–Kier alpha value is -1.55. The Morgan fingerprint density at radius 1 is 1.24 bits per heavy atom. The van der Waals surface area contributed by atoms with E-state index in [1.54, 1.807) is 0 Å². The van der Waals surface area contributed by atoms with Crippen molar-refractivity contribution in [3.63, 3.8) is 0 Å². The van der Waals surface area contributed by atoms with Crippen LogP contribution >= 0.6 is 11.6 Å². The number of alkyl halides is 1. The molecule has 1 aliphatic rings. The van der Waals surface area contributed by atoms with Gasteiger partial charge in [0.15, 0.2) is 0 Å². The van der Waals surface area contributed by atoms with E-state index in [0.717, 1.165) is 31.5 Å². The van der Waals surface area contributed by atoms with Gasteiger partial charge in [0, 0.05) is 38.0 Å². The fourth-order valence-corrected chi connectivity index (χ4v) is 2.73. The third kappa shape index (κ3) is 4.46. The highest BCUT2D eigenvalue weighted by Crippen LogP contribution is 2.19. The molecule has 2 rings (SSSR count). The van der Waals surface area contributed by atoms with Crippen LogP contribution in [0.5, 0.6) is 0 Å². The molecule has 0 saturated carbocycles. The van der Waals surface area contributed by atoms with E-state index in [1.165, 1.54) is 6.92 Å². The molecule has 4 nitrogen and oxygen atoms in total. The molecule has 1 fully saturated rings. The molecule has 1 aromatic carbocycles. The number of likely N-dealkylation sites (tertiary alicyclic amines) is 1. The van der Waals surface area contributed by atoms with Gasteiger partial charge in [-0.3, -0.25) is 9.59 Å². The minimum atomic E-state index is 0.00730. The van der Waals surface area contributed by atoms with Gasteiger partial charge in [0.1, 0.15) is 0 Å². The standard InChI is InChI=1S/C16H21ClN2O2/c1-12(20)18-11-14-6-8-19(9-7-14)16(21)15-4-2-13(10-17)3-5-15/h2-5,14H,6-11H2,1H3,(H,18,20). The van der Waals surface area contributed by atoms with E-state index >= 15 is 0 Å². The number of rotatable bonds is 4. The summed E-state index contributed by atoms with van der Waals surface area (Å²) in [4.78, 5) is 25.2. The van der Waals surface area contributed by atoms with Gasteiger partial charge >= 0.3 is 0 Å². The smallest absolute Gasteiger partial charge is 0.253 e. The second kappa shape index (κ2) is 7.46. The van der Waals surface area contributed by atoms with Crippen molar-refractivity contribution in [2.24, 2.45) is 5.92 Å². The van der Waals surface area contributed by atoms with Gasteiger partial charge in [0.25, 0.3) is 5.91 Å². The summed E-state index contributed by atoms with van der Waals surface area (Å²) in [5, 5.41) is 2.85. The number of carbonyl (C=O) groups is 2. The molecule has 0 aliphatic carbocycles. The molecular weight excluding hydrogens is 288 g/mol. The highest BCUT2D eigenvalue weighted by Gasteiger charge is 2.23. The van der Waals surface area contributed by atoms with Crippen LogP contribution in [-0.4, -0.2) is 36.3 Å². The Balaban J connectivity index is 1.86. The van der Waals surface area contributed by atoms with Crippen molar-refractivity contribution in [2.75, 3.05) is 19.6 Å². The van der Waals surface area contributed by atoms with E-state index in [4.69, 9.17) is 11.6 Å². The van der Waals surface area contributed by atoms with E-state index < -0.39 is 0 Å². The van der Waals surface area contributed by atoms with Crippen LogP contribution in [-0.2, 0) is 10.7 Å². The largest absolute Gasteiger partial charge is 0.356 e. The normalized spacial score (nSPS) is 15.8. The SMILES string of the molecule is CC(=O)NCC1CCN(C(=O)c2ccc(CCl)cc2)CC1. The fourth-order valence-electron chi connectivity index (χ4n) is 2.55. The Morgan fingerprint density at radius 3 is 2.38 bits per heavy atom. The molecular formula is C16H21ClN2O2. The Morgan fingerprint density at radius 2 is 1.86 bits per heavy atom. The maximum atomic E-state index is 12.4. The highest BCUT2D eigenvalue weighted by atomic mass is 35.5. The molecule has 0 bridgehead atoms. The van der Waals surface area contributed by atoms with Crippen LogP contribution in [0.15, 0.2) is 24.3 Å². The number of amides is 2. The molecule has 0 unspecified atom stereocenters. The third-order valence-corrected chi connectivity index (χ3v) is 4.21. The van der Waals surface area contributed by atoms with Gasteiger partial charge in [-0.05, 0) is 36.5 Å². The minimum Gasteiger partial charge on any atom is -0.356 e. The first-order valence-electron chi connectivity index (χ1n) is 7.28. The number of hydrogen-bond donors (Lipinski definition) is 1. The first-order chi connectivity index (χ1) is 10.1. The lowest BCUT2D eigenvalue weighted by molar-refractivity contribution is -0.119. The molecule has 0 radical (unpaired) electrons. The van der Waals surface area contributed by atoms with E-state index in [0.29, 0.717) is 23.9 Å². The molecule has 2 amide bonds. The fraction of sp³-hybridized carbons (Fsp3) is 0.500. The van der Waals surface area contributed by atoms with E-state index in [9.17, 15) is 9.59 Å². The lowest BCUT2D eigenvalue weighted by Crippen LogP contribution is -2.41. The molecule has 5 heteroatoms. The molecule has 1 heterocycles. The summed E-state index contributed by atoms with van der Waals surface area (Å²) in [6.45, 7) is 3.74. The van der Waals surface area contributed by atoms with Crippen LogP contribution < -0.4 is 5.32 Å². The van der Waals surface area contributed by atoms with Crippen LogP contribution in [0.3, 0.4) is 0 Å². The Kier molecular flexibility index (Phi) is 5.62. The van der Waals surface area contributed by atoms with Crippen molar-refractivity contribution in [1.29, 1.82) is 0 Å². The van der Waals surface area contributed by atoms with Gasteiger partial charge < -0.3 is 10.2 Å². The molecule has 21 heavy (non-hydrogen) atoms. The Labute approximate surface area is 130 Å². The van der Waals surface area contributed by atoms with Crippen molar-refractivity contribution in [3.05, 3.63) is 35.4 Å². The molecule has 1 aliphatic heterocycles. The zero-order valence-electron chi connectivity index (χ0n) is 12.3.